The van der Waals surface area contributed by atoms with Gasteiger partial charge in [0.2, 0.25) is 0 Å². The molecule has 1 aliphatic rings. The van der Waals surface area contributed by atoms with Crippen LogP contribution in [0.3, 0.4) is 0 Å². The predicted molar refractivity (Wildman–Crippen MR) is 111 cm³/mol. The van der Waals surface area contributed by atoms with Crippen LogP contribution in [0.4, 0.5) is 20.3 Å². The van der Waals surface area contributed by atoms with Crippen LogP contribution < -0.4 is 16.4 Å². The number of para-hydroxylation sites is 1. The minimum absolute atomic E-state index is 0.199. The summed E-state index contributed by atoms with van der Waals surface area (Å²) >= 11 is 3.40. The van der Waals surface area contributed by atoms with E-state index in [0.717, 1.165) is 4.47 Å². The highest BCUT2D eigenvalue weighted by Gasteiger charge is 2.44. The molecule has 0 bridgehead atoms. The number of hydrogen-bond acceptors (Lipinski definition) is 4. The van der Waals surface area contributed by atoms with Crippen LogP contribution in [0.15, 0.2) is 53.0 Å². The fourth-order valence-electron chi connectivity index (χ4n) is 3.54. The van der Waals surface area contributed by atoms with Crippen molar-refractivity contribution < 1.29 is 13.6 Å². The van der Waals surface area contributed by atoms with Crippen LogP contribution in [-0.2, 0) is 0 Å². The molecule has 1 aliphatic carbocycles. The minimum Gasteiger partial charge on any atom is -0.364 e. The third-order valence-corrected chi connectivity index (χ3v) is 5.83. The van der Waals surface area contributed by atoms with Gasteiger partial charge in [-0.1, -0.05) is 12.1 Å². The van der Waals surface area contributed by atoms with Crippen molar-refractivity contribution >= 4 is 38.9 Å². The van der Waals surface area contributed by atoms with E-state index in [0.29, 0.717) is 35.6 Å². The topological polar surface area (TPSA) is 84.4 Å². The molecular weight excluding hydrogens is 444 g/mol. The number of anilines is 2. The summed E-state index contributed by atoms with van der Waals surface area (Å²) in [6.07, 6.45) is 0.733. The van der Waals surface area contributed by atoms with Gasteiger partial charge < -0.3 is 16.4 Å². The number of halogens is 3. The van der Waals surface area contributed by atoms with Crippen molar-refractivity contribution in [1.82, 2.24) is 9.61 Å². The number of benzene rings is 1. The lowest BCUT2D eigenvalue weighted by molar-refractivity contribution is -0.0554. The molecule has 0 radical (unpaired) electrons. The maximum atomic E-state index is 13.9. The highest BCUT2D eigenvalue weighted by atomic mass is 79.9. The Labute approximate surface area is 174 Å². The molecule has 4 rings (SSSR count). The predicted octanol–water partition coefficient (Wildman–Crippen LogP) is 4.28. The molecule has 4 N–H and O–H groups in total. The lowest BCUT2D eigenvalue weighted by Crippen LogP contribution is -2.55. The Hall–Kier alpha value is -2.52. The fraction of sp³-hybridized carbons (Fsp3) is 0.300. The van der Waals surface area contributed by atoms with Crippen molar-refractivity contribution in [2.75, 3.05) is 10.6 Å². The number of nitrogens with two attached hydrogens (primary N) is 1. The molecule has 2 heterocycles. The molecule has 1 fully saturated rings. The number of fused-ring (bicyclic) bond motifs is 1. The first-order valence-electron chi connectivity index (χ1n) is 9.30. The number of hydrogen-bond donors (Lipinski definition) is 3. The van der Waals surface area contributed by atoms with Crippen LogP contribution in [0.5, 0.6) is 0 Å². The number of rotatable bonds is 4. The Morgan fingerprint density at radius 1 is 1.21 bits per heavy atom. The van der Waals surface area contributed by atoms with Crippen LogP contribution in [0.25, 0.3) is 5.52 Å². The summed E-state index contributed by atoms with van der Waals surface area (Å²) < 4.78 is 30.1. The smallest absolute Gasteiger partial charge is 0.274 e. The second-order valence-corrected chi connectivity index (χ2v) is 7.99. The first kappa shape index (κ1) is 19.8. The number of nitrogens with zero attached hydrogens (tertiary/aromatic N) is 2. The monoisotopic (exact) mass is 463 g/mol. The normalized spacial score (nSPS) is 21.1. The summed E-state index contributed by atoms with van der Waals surface area (Å²) in [4.78, 5) is 12.7. The van der Waals surface area contributed by atoms with Gasteiger partial charge in [0.05, 0.1) is 17.2 Å². The summed E-state index contributed by atoms with van der Waals surface area (Å²) in [5.41, 5.74) is 7.44. The zero-order chi connectivity index (χ0) is 20.6. The largest absolute Gasteiger partial charge is 0.364 e. The van der Waals surface area contributed by atoms with E-state index in [1.54, 1.807) is 30.3 Å². The average Bonchev–Trinajstić information content (AvgIpc) is 3.11. The zero-order valence-corrected chi connectivity index (χ0v) is 17.0. The highest BCUT2D eigenvalue weighted by Crippen LogP contribution is 2.33. The third-order valence-electron chi connectivity index (χ3n) is 5.14. The van der Waals surface area contributed by atoms with Crippen molar-refractivity contribution in [2.45, 2.75) is 37.3 Å². The Morgan fingerprint density at radius 3 is 2.76 bits per heavy atom. The molecule has 1 amide bonds. The lowest BCUT2D eigenvalue weighted by Gasteiger charge is -2.36. The van der Waals surface area contributed by atoms with E-state index in [-0.39, 0.29) is 12.3 Å². The summed E-state index contributed by atoms with van der Waals surface area (Å²) in [6.45, 7) is 0. The molecule has 3 aromatic rings. The van der Waals surface area contributed by atoms with E-state index in [4.69, 9.17) is 5.73 Å². The average molecular weight is 464 g/mol. The zero-order valence-electron chi connectivity index (χ0n) is 15.4. The number of carbonyl (C=O) groups excluding carboxylic acids is 1. The van der Waals surface area contributed by atoms with Gasteiger partial charge in [-0.25, -0.2) is 13.3 Å². The van der Waals surface area contributed by atoms with Gasteiger partial charge in [0.25, 0.3) is 11.8 Å². The lowest BCUT2D eigenvalue weighted by atomic mass is 9.87. The number of carbonyl (C=O) groups is 1. The molecule has 29 heavy (non-hydrogen) atoms. The maximum absolute atomic E-state index is 13.9. The van der Waals surface area contributed by atoms with Crippen LogP contribution in [0.2, 0.25) is 0 Å². The summed E-state index contributed by atoms with van der Waals surface area (Å²) in [5.74, 6) is -2.84. The molecule has 9 heteroatoms. The SMILES string of the molecule is N[C@@H]1[C@H](Nc2ccc3ccc(C(=O)Nc4ccccc4Br)n3n2)CCCC1(F)F. The molecule has 1 saturated carbocycles. The van der Waals surface area contributed by atoms with E-state index >= 15 is 0 Å². The van der Waals surface area contributed by atoms with E-state index < -0.39 is 18.0 Å². The van der Waals surface area contributed by atoms with Crippen molar-refractivity contribution in [2.24, 2.45) is 5.73 Å². The molecule has 0 unspecified atom stereocenters. The number of amides is 1. The number of alkyl halides is 2. The van der Waals surface area contributed by atoms with E-state index in [2.05, 4.69) is 31.7 Å². The van der Waals surface area contributed by atoms with Gasteiger partial charge in [-0.05, 0) is 65.2 Å². The molecule has 0 aliphatic heterocycles. The minimum atomic E-state index is -2.90. The Bertz CT molecular complexity index is 1050. The molecule has 6 nitrogen and oxygen atoms in total. The standard InChI is InChI=1S/C20H20BrF2N5O/c21-13-4-1-2-5-14(13)26-19(29)16-9-7-12-8-10-17(27-28(12)16)25-15-6-3-11-20(22,23)18(15)24/h1-2,4-5,7-10,15,18H,3,6,11,24H2,(H,25,27)(H,26,29)/t15-,18-/m1/s1. The molecule has 0 saturated heterocycles. The van der Waals surface area contributed by atoms with Crippen LogP contribution in [0, 0.1) is 0 Å². The van der Waals surface area contributed by atoms with Crippen molar-refractivity contribution in [1.29, 1.82) is 0 Å². The molecule has 152 valence electrons. The molecular formula is C20H20BrF2N5O. The molecule has 0 spiro atoms. The summed E-state index contributed by atoms with van der Waals surface area (Å²) in [5, 5.41) is 10.3. The van der Waals surface area contributed by atoms with Gasteiger partial charge in [-0.2, -0.15) is 0 Å². The molecule has 1 aromatic carbocycles. The van der Waals surface area contributed by atoms with Gasteiger partial charge >= 0.3 is 0 Å². The van der Waals surface area contributed by atoms with Gasteiger partial charge in [0.1, 0.15) is 11.5 Å². The maximum Gasteiger partial charge on any atom is 0.274 e. The van der Waals surface area contributed by atoms with Gasteiger partial charge in [0.15, 0.2) is 0 Å². The van der Waals surface area contributed by atoms with Crippen LogP contribution in [0.1, 0.15) is 29.8 Å². The van der Waals surface area contributed by atoms with Crippen molar-refractivity contribution in [3.05, 3.63) is 58.7 Å². The summed E-state index contributed by atoms with van der Waals surface area (Å²) in [6, 6.07) is 12.3. The Balaban J connectivity index is 1.58. The number of aromatic nitrogens is 2. The molecule has 2 aromatic heterocycles. The fourth-order valence-corrected chi connectivity index (χ4v) is 3.92. The van der Waals surface area contributed by atoms with Crippen LogP contribution in [-0.4, -0.2) is 33.5 Å². The first-order valence-corrected chi connectivity index (χ1v) is 10.1. The third kappa shape index (κ3) is 3.97. The van der Waals surface area contributed by atoms with Crippen molar-refractivity contribution in [3.8, 4) is 0 Å². The van der Waals surface area contributed by atoms with Gasteiger partial charge in [-0.3, -0.25) is 4.79 Å². The van der Waals surface area contributed by atoms with E-state index in [1.165, 1.54) is 4.52 Å². The van der Waals surface area contributed by atoms with Gasteiger partial charge in [0, 0.05) is 16.9 Å². The quantitative estimate of drug-likeness (QED) is 0.539. The van der Waals surface area contributed by atoms with E-state index in [9.17, 15) is 13.6 Å². The highest BCUT2D eigenvalue weighted by molar-refractivity contribution is 9.10. The van der Waals surface area contributed by atoms with E-state index in [1.807, 2.05) is 18.2 Å². The van der Waals surface area contributed by atoms with Gasteiger partial charge in [-0.15, -0.1) is 5.10 Å². The number of nitrogens with one attached hydrogen (secondary N) is 2. The molecule has 2 atom stereocenters. The summed E-state index contributed by atoms with van der Waals surface area (Å²) in [7, 11) is 0. The van der Waals surface area contributed by atoms with Crippen molar-refractivity contribution in [3.63, 3.8) is 0 Å². The first-order chi connectivity index (χ1) is 13.8. The Morgan fingerprint density at radius 2 is 1.97 bits per heavy atom. The Kier molecular flexibility index (Phi) is 5.26. The second-order valence-electron chi connectivity index (χ2n) is 7.14. The van der Waals surface area contributed by atoms with Crippen LogP contribution >= 0.6 is 15.9 Å². The second kappa shape index (κ2) is 7.72.